The van der Waals surface area contributed by atoms with E-state index in [0.29, 0.717) is 51.9 Å². The highest BCUT2D eigenvalue weighted by molar-refractivity contribution is 5.86. The summed E-state index contributed by atoms with van der Waals surface area (Å²) < 4.78 is 5.33. The molecular weight excluding hydrogens is 298 g/mol. The van der Waals surface area contributed by atoms with Crippen LogP contribution in [0.3, 0.4) is 0 Å². The number of terminal acetylenes is 1. The Labute approximate surface area is 135 Å². The molecule has 3 aliphatic rings. The number of carboxylic acid groups (broad SMARTS) is 1. The van der Waals surface area contributed by atoms with Crippen LogP contribution in [0.15, 0.2) is 10.2 Å². The van der Waals surface area contributed by atoms with Crippen molar-refractivity contribution in [1.29, 1.82) is 0 Å². The van der Waals surface area contributed by atoms with E-state index < -0.39 is 17.7 Å². The molecule has 1 atom stereocenters. The van der Waals surface area contributed by atoms with Crippen LogP contribution in [0, 0.1) is 17.8 Å². The van der Waals surface area contributed by atoms with E-state index >= 15 is 0 Å². The number of hydrogen-bond acceptors (Lipinski definition) is 5. The molecule has 1 unspecified atom stereocenters. The molecule has 1 spiro atoms. The minimum absolute atomic E-state index is 0.133. The Balaban J connectivity index is 1.56. The lowest BCUT2D eigenvalue weighted by Gasteiger charge is -2.57. The summed E-state index contributed by atoms with van der Waals surface area (Å²) in [5.74, 6) is 1.50. The summed E-state index contributed by atoms with van der Waals surface area (Å²) in [6, 6.07) is -0.728. The Morgan fingerprint density at radius 1 is 1.30 bits per heavy atom. The number of carbonyl (C=O) groups is 2. The molecule has 0 aromatic heterocycles. The topological polar surface area (TPSA) is 91.6 Å². The highest BCUT2D eigenvalue weighted by Crippen LogP contribution is 2.47. The molecular formula is C16H21N3O4. The number of carboxylic acids is 1. The van der Waals surface area contributed by atoms with Gasteiger partial charge in [-0.2, -0.15) is 10.2 Å². The molecule has 1 amide bonds. The van der Waals surface area contributed by atoms with Crippen LogP contribution in [0.2, 0.25) is 0 Å². The maximum atomic E-state index is 12.4. The first-order valence-corrected chi connectivity index (χ1v) is 8.00. The second-order valence-electron chi connectivity index (χ2n) is 6.62. The van der Waals surface area contributed by atoms with Crippen LogP contribution in [0.5, 0.6) is 0 Å². The van der Waals surface area contributed by atoms with E-state index in [2.05, 4.69) is 16.1 Å². The van der Waals surface area contributed by atoms with Crippen molar-refractivity contribution >= 4 is 11.9 Å². The molecule has 0 aromatic carbocycles. The van der Waals surface area contributed by atoms with Crippen molar-refractivity contribution in [2.24, 2.45) is 15.6 Å². The third kappa shape index (κ3) is 2.95. The molecule has 0 aliphatic carbocycles. The van der Waals surface area contributed by atoms with E-state index in [4.69, 9.17) is 11.2 Å². The number of rotatable bonds is 6. The van der Waals surface area contributed by atoms with Gasteiger partial charge in [0.1, 0.15) is 6.04 Å². The Morgan fingerprint density at radius 3 is 2.57 bits per heavy atom. The zero-order chi connectivity index (χ0) is 16.5. The van der Waals surface area contributed by atoms with Crippen molar-refractivity contribution in [3.63, 3.8) is 0 Å². The minimum atomic E-state index is -0.922. The summed E-state index contributed by atoms with van der Waals surface area (Å²) in [5, 5.41) is 17.6. The number of nitrogens with zero attached hydrogens (tertiary/aromatic N) is 3. The van der Waals surface area contributed by atoms with Crippen LogP contribution in [0.1, 0.15) is 38.5 Å². The maximum absolute atomic E-state index is 12.4. The van der Waals surface area contributed by atoms with Crippen molar-refractivity contribution in [2.45, 2.75) is 50.2 Å². The van der Waals surface area contributed by atoms with Gasteiger partial charge >= 0.3 is 5.97 Å². The molecule has 1 N–H and O–H groups in total. The van der Waals surface area contributed by atoms with Gasteiger partial charge in [0.05, 0.1) is 0 Å². The first-order valence-electron chi connectivity index (χ1n) is 8.00. The zero-order valence-electron chi connectivity index (χ0n) is 13.0. The highest BCUT2D eigenvalue weighted by Gasteiger charge is 2.58. The van der Waals surface area contributed by atoms with Gasteiger partial charge in [0.2, 0.25) is 5.91 Å². The largest absolute Gasteiger partial charge is 0.480 e. The smallest absolute Gasteiger partial charge is 0.327 e. The van der Waals surface area contributed by atoms with Crippen molar-refractivity contribution in [3.05, 3.63) is 0 Å². The quantitative estimate of drug-likeness (QED) is 0.750. The fourth-order valence-corrected chi connectivity index (χ4v) is 3.69. The van der Waals surface area contributed by atoms with Gasteiger partial charge in [-0.05, 0) is 12.8 Å². The Kier molecular flexibility index (Phi) is 4.11. The zero-order valence-corrected chi connectivity index (χ0v) is 13.0. The molecule has 7 heteroatoms. The monoisotopic (exact) mass is 319 g/mol. The van der Waals surface area contributed by atoms with Gasteiger partial charge in [-0.15, -0.1) is 12.3 Å². The van der Waals surface area contributed by atoms with E-state index in [1.54, 1.807) is 0 Å². The molecule has 23 heavy (non-hydrogen) atoms. The standard InChI is InChI=1S/C16H21N3O4/c1-2-3-5-16(17-18-16)6-4-12(20)19-11-15(13(19)14(21)22)7-9-23-10-8-15/h1,13H,3-11H2,(H,21,22). The summed E-state index contributed by atoms with van der Waals surface area (Å²) in [7, 11) is 0. The molecule has 2 fully saturated rings. The van der Waals surface area contributed by atoms with Crippen molar-refractivity contribution in [3.8, 4) is 12.3 Å². The first-order chi connectivity index (χ1) is 11.0. The predicted molar refractivity (Wildman–Crippen MR) is 80.5 cm³/mol. The molecule has 3 aliphatic heterocycles. The van der Waals surface area contributed by atoms with Crippen LogP contribution >= 0.6 is 0 Å². The molecule has 0 aromatic rings. The van der Waals surface area contributed by atoms with Crippen molar-refractivity contribution in [1.82, 2.24) is 4.90 Å². The molecule has 0 bridgehead atoms. The summed E-state index contributed by atoms with van der Waals surface area (Å²) in [6.07, 6.45) is 8.64. The number of aliphatic carboxylic acids is 1. The normalized spacial score (nSPS) is 26.4. The SMILES string of the molecule is C#CCCC1(CCC(=O)N2CC3(CCOCC3)C2C(=O)O)N=N1. The fraction of sp³-hybridized carbons (Fsp3) is 0.750. The molecule has 7 nitrogen and oxygen atoms in total. The Hall–Kier alpha value is -1.94. The lowest BCUT2D eigenvalue weighted by Crippen LogP contribution is -2.70. The van der Waals surface area contributed by atoms with E-state index in [1.165, 1.54) is 4.90 Å². The third-order valence-corrected chi connectivity index (χ3v) is 5.21. The summed E-state index contributed by atoms with van der Waals surface area (Å²) in [5.41, 5.74) is -0.808. The lowest BCUT2D eigenvalue weighted by atomic mass is 9.66. The van der Waals surface area contributed by atoms with Gasteiger partial charge in [-0.25, -0.2) is 4.79 Å². The van der Waals surface area contributed by atoms with Gasteiger partial charge in [-0.3, -0.25) is 4.79 Å². The van der Waals surface area contributed by atoms with Crippen molar-refractivity contribution < 1.29 is 19.4 Å². The molecule has 3 heterocycles. The number of ether oxygens (including phenoxy) is 1. The minimum Gasteiger partial charge on any atom is -0.480 e. The average molecular weight is 319 g/mol. The molecule has 0 radical (unpaired) electrons. The first kappa shape index (κ1) is 15.9. The van der Waals surface area contributed by atoms with Crippen molar-refractivity contribution in [2.75, 3.05) is 19.8 Å². The predicted octanol–water partition coefficient (Wildman–Crippen LogP) is 1.43. The molecule has 124 valence electrons. The highest BCUT2D eigenvalue weighted by atomic mass is 16.5. The van der Waals surface area contributed by atoms with E-state index in [9.17, 15) is 14.7 Å². The van der Waals surface area contributed by atoms with Crippen LogP contribution < -0.4 is 0 Å². The Bertz CT molecular complexity index is 568. The second kappa shape index (κ2) is 5.93. The van der Waals surface area contributed by atoms with E-state index in [-0.39, 0.29) is 17.7 Å². The van der Waals surface area contributed by atoms with Crippen LogP contribution in [-0.4, -0.2) is 53.3 Å². The number of likely N-dealkylation sites (tertiary alicyclic amines) is 1. The van der Waals surface area contributed by atoms with E-state index in [0.717, 1.165) is 0 Å². The van der Waals surface area contributed by atoms with Gasteiger partial charge in [0.25, 0.3) is 0 Å². The fourth-order valence-electron chi connectivity index (χ4n) is 3.69. The summed E-state index contributed by atoms with van der Waals surface area (Å²) >= 11 is 0. The van der Waals surface area contributed by atoms with Gasteiger partial charge in [0.15, 0.2) is 5.66 Å². The second-order valence-corrected chi connectivity index (χ2v) is 6.62. The average Bonchev–Trinajstić information content (AvgIpc) is 3.29. The van der Waals surface area contributed by atoms with E-state index in [1.807, 2.05) is 0 Å². The molecule has 2 saturated heterocycles. The maximum Gasteiger partial charge on any atom is 0.327 e. The van der Waals surface area contributed by atoms with Gasteiger partial charge < -0.3 is 14.7 Å². The summed E-state index contributed by atoms with van der Waals surface area (Å²) in [4.78, 5) is 25.5. The lowest BCUT2D eigenvalue weighted by molar-refractivity contribution is -0.186. The third-order valence-electron chi connectivity index (χ3n) is 5.21. The Morgan fingerprint density at radius 2 is 2.00 bits per heavy atom. The molecule has 0 saturated carbocycles. The van der Waals surface area contributed by atoms with Crippen LogP contribution in [0.4, 0.5) is 0 Å². The van der Waals surface area contributed by atoms with Gasteiger partial charge in [-0.1, -0.05) is 0 Å². The number of amides is 1. The van der Waals surface area contributed by atoms with Gasteiger partial charge in [0, 0.05) is 50.9 Å². The number of carbonyl (C=O) groups excluding carboxylic acids is 1. The van der Waals surface area contributed by atoms with Crippen LogP contribution in [-0.2, 0) is 14.3 Å². The molecule has 3 rings (SSSR count). The number of hydrogen-bond donors (Lipinski definition) is 1. The summed E-state index contributed by atoms with van der Waals surface area (Å²) in [6.45, 7) is 1.65. The van der Waals surface area contributed by atoms with Crippen LogP contribution in [0.25, 0.3) is 0 Å².